The van der Waals surface area contributed by atoms with Gasteiger partial charge in [0.2, 0.25) is 10.0 Å². The molecule has 1 rings (SSSR count). The Morgan fingerprint density at radius 2 is 1.90 bits per heavy atom. The van der Waals surface area contributed by atoms with Crippen LogP contribution in [0.1, 0.15) is 12.5 Å². The van der Waals surface area contributed by atoms with Crippen molar-refractivity contribution < 1.29 is 35.9 Å². The summed E-state index contributed by atoms with van der Waals surface area (Å²) in [7, 11) is -4.43. The number of benzene rings is 1. The van der Waals surface area contributed by atoms with Crippen molar-refractivity contribution in [2.75, 3.05) is 0 Å². The van der Waals surface area contributed by atoms with E-state index in [1.54, 1.807) is 4.72 Å². The Morgan fingerprint density at radius 1 is 1.35 bits per heavy atom. The molecule has 0 radical (unpaired) electrons. The van der Waals surface area contributed by atoms with Gasteiger partial charge in [-0.25, -0.2) is 12.8 Å². The normalized spacial score (nSPS) is 14.1. The summed E-state index contributed by atoms with van der Waals surface area (Å²) >= 11 is 0. The molecule has 0 aromatic heterocycles. The average molecular weight is 315 g/mol. The summed E-state index contributed by atoms with van der Waals surface area (Å²) in [4.78, 5) is 9.72. The van der Waals surface area contributed by atoms with Crippen LogP contribution in [-0.4, -0.2) is 25.5 Å². The molecule has 1 aromatic rings. The second-order valence-corrected chi connectivity index (χ2v) is 5.53. The van der Waals surface area contributed by atoms with Gasteiger partial charge in [-0.2, -0.15) is 17.9 Å². The monoisotopic (exact) mass is 315 g/mol. The summed E-state index contributed by atoms with van der Waals surface area (Å²) in [6, 6.07) is -0.511. The molecule has 0 saturated carbocycles. The minimum atomic E-state index is -4.95. The third-order valence-corrected chi connectivity index (χ3v) is 3.80. The molecule has 0 aliphatic heterocycles. The van der Waals surface area contributed by atoms with Gasteiger partial charge in [-0.05, 0) is 25.1 Å². The number of alkyl halides is 3. The van der Waals surface area contributed by atoms with Crippen LogP contribution in [0.25, 0.3) is 0 Å². The second kappa shape index (κ2) is 5.37. The summed E-state index contributed by atoms with van der Waals surface area (Å²) < 4.78 is 75.1. The van der Waals surface area contributed by atoms with Crippen molar-refractivity contribution in [3.05, 3.63) is 29.6 Å². The molecule has 0 unspecified atom stereocenters. The number of carboxylic acid groups (broad SMARTS) is 1. The molecule has 10 heteroatoms. The van der Waals surface area contributed by atoms with Gasteiger partial charge in [0, 0.05) is 0 Å². The van der Waals surface area contributed by atoms with Gasteiger partial charge in [0.15, 0.2) is 0 Å². The van der Waals surface area contributed by atoms with Crippen LogP contribution in [-0.2, 0) is 21.0 Å². The van der Waals surface area contributed by atoms with Crippen LogP contribution in [0.5, 0.6) is 0 Å². The van der Waals surface area contributed by atoms with Crippen molar-refractivity contribution in [2.24, 2.45) is 0 Å². The van der Waals surface area contributed by atoms with E-state index in [1.807, 2.05) is 0 Å². The van der Waals surface area contributed by atoms with Gasteiger partial charge < -0.3 is 5.11 Å². The molecule has 20 heavy (non-hydrogen) atoms. The van der Waals surface area contributed by atoms with E-state index in [9.17, 15) is 30.8 Å². The summed E-state index contributed by atoms with van der Waals surface area (Å²) in [6.07, 6.45) is -4.95. The topological polar surface area (TPSA) is 83.5 Å². The van der Waals surface area contributed by atoms with Gasteiger partial charge in [-0.15, -0.1) is 0 Å². The third-order valence-electron chi connectivity index (χ3n) is 2.26. The highest BCUT2D eigenvalue weighted by Crippen LogP contribution is 2.32. The molecule has 0 heterocycles. The van der Waals surface area contributed by atoms with E-state index < -0.39 is 44.5 Å². The number of carbonyl (C=O) groups is 1. The summed E-state index contributed by atoms with van der Waals surface area (Å²) in [5.41, 5.74) is -1.61. The number of halogens is 4. The van der Waals surface area contributed by atoms with Crippen molar-refractivity contribution in [1.29, 1.82) is 0 Å². The van der Waals surface area contributed by atoms with Crippen molar-refractivity contribution >= 4 is 16.0 Å². The molecule has 5 nitrogen and oxygen atoms in total. The van der Waals surface area contributed by atoms with E-state index in [-0.39, 0.29) is 12.1 Å². The molecule has 0 amide bonds. The Bertz CT molecular complexity index is 627. The smallest absolute Gasteiger partial charge is 0.419 e. The molecule has 0 spiro atoms. The Morgan fingerprint density at radius 3 is 2.30 bits per heavy atom. The Kier molecular flexibility index (Phi) is 4.39. The highest BCUT2D eigenvalue weighted by Gasteiger charge is 2.35. The highest BCUT2D eigenvalue weighted by molar-refractivity contribution is 7.89. The molecule has 0 fully saturated rings. The molecule has 0 aliphatic rings. The predicted octanol–water partition coefficient (Wildman–Crippen LogP) is 1.60. The lowest BCUT2D eigenvalue weighted by atomic mass is 10.2. The van der Waals surface area contributed by atoms with Crippen molar-refractivity contribution in [3.63, 3.8) is 0 Å². The molecule has 112 valence electrons. The fourth-order valence-electron chi connectivity index (χ4n) is 1.24. The van der Waals surface area contributed by atoms with E-state index in [2.05, 4.69) is 0 Å². The van der Waals surface area contributed by atoms with Crippen LogP contribution in [0, 0.1) is 5.82 Å². The second-order valence-electron chi connectivity index (χ2n) is 3.82. The van der Waals surface area contributed by atoms with Crippen LogP contribution in [0.15, 0.2) is 23.1 Å². The average Bonchev–Trinajstić information content (AvgIpc) is 2.26. The SMILES string of the molecule is C[C@@H](NS(=O)(=O)c1ccc(C(F)(F)F)c(F)c1)C(=O)O. The van der Waals surface area contributed by atoms with E-state index in [0.717, 1.165) is 6.92 Å². The molecular weight excluding hydrogens is 306 g/mol. The zero-order valence-corrected chi connectivity index (χ0v) is 10.7. The van der Waals surface area contributed by atoms with E-state index >= 15 is 0 Å². The number of rotatable bonds is 4. The molecular formula is C10H9F4NO4S. The van der Waals surface area contributed by atoms with Gasteiger partial charge in [0.1, 0.15) is 11.9 Å². The summed E-state index contributed by atoms with van der Waals surface area (Å²) in [5, 5.41) is 8.55. The lowest BCUT2D eigenvalue weighted by Gasteiger charge is -2.12. The quantitative estimate of drug-likeness (QED) is 0.827. The maximum Gasteiger partial charge on any atom is 0.419 e. The predicted molar refractivity (Wildman–Crippen MR) is 58.8 cm³/mol. The van der Waals surface area contributed by atoms with Gasteiger partial charge in [-0.3, -0.25) is 4.79 Å². The van der Waals surface area contributed by atoms with Crippen molar-refractivity contribution in [3.8, 4) is 0 Å². The van der Waals surface area contributed by atoms with Crippen LogP contribution in [0.3, 0.4) is 0 Å². The first kappa shape index (κ1) is 16.4. The lowest BCUT2D eigenvalue weighted by molar-refractivity contribution is -0.140. The Labute approximate surface area is 111 Å². The maximum atomic E-state index is 13.2. The molecule has 2 N–H and O–H groups in total. The van der Waals surface area contributed by atoms with Crippen LogP contribution in [0.2, 0.25) is 0 Å². The number of hydrogen-bond donors (Lipinski definition) is 2. The maximum absolute atomic E-state index is 13.2. The van der Waals surface area contributed by atoms with Crippen LogP contribution >= 0.6 is 0 Å². The molecule has 0 saturated heterocycles. The molecule has 0 aliphatic carbocycles. The van der Waals surface area contributed by atoms with Crippen molar-refractivity contribution in [2.45, 2.75) is 24.0 Å². The highest BCUT2D eigenvalue weighted by atomic mass is 32.2. The first-order valence-corrected chi connectivity index (χ1v) is 6.55. The lowest BCUT2D eigenvalue weighted by Crippen LogP contribution is -2.38. The number of sulfonamides is 1. The van der Waals surface area contributed by atoms with E-state index in [0.29, 0.717) is 6.07 Å². The first-order chi connectivity index (χ1) is 8.95. The molecule has 1 aromatic carbocycles. The third kappa shape index (κ3) is 3.67. The van der Waals surface area contributed by atoms with Crippen LogP contribution < -0.4 is 4.72 Å². The van der Waals surface area contributed by atoms with Crippen LogP contribution in [0.4, 0.5) is 17.6 Å². The standard InChI is InChI=1S/C10H9F4NO4S/c1-5(9(16)17)15-20(18,19)6-2-3-7(8(11)4-6)10(12,13)14/h2-5,15H,1H3,(H,16,17)/t5-/m1/s1. The van der Waals surface area contributed by atoms with E-state index in [4.69, 9.17) is 5.11 Å². The Hall–Kier alpha value is -1.68. The summed E-state index contributed by atoms with van der Waals surface area (Å²) in [6.45, 7) is 1.01. The molecule has 0 bridgehead atoms. The minimum Gasteiger partial charge on any atom is -0.480 e. The number of nitrogens with one attached hydrogen (secondary N) is 1. The van der Waals surface area contributed by atoms with Crippen molar-refractivity contribution in [1.82, 2.24) is 4.72 Å². The van der Waals surface area contributed by atoms with Gasteiger partial charge in [-0.1, -0.05) is 0 Å². The largest absolute Gasteiger partial charge is 0.480 e. The fraction of sp³-hybridized carbons (Fsp3) is 0.300. The number of carboxylic acids is 1. The first-order valence-electron chi connectivity index (χ1n) is 5.07. The Balaban J connectivity index is 3.16. The van der Waals surface area contributed by atoms with E-state index in [1.165, 1.54) is 0 Å². The van der Waals surface area contributed by atoms with Gasteiger partial charge in [0.05, 0.1) is 10.5 Å². The zero-order chi connectivity index (χ0) is 15.7. The summed E-state index contributed by atoms with van der Waals surface area (Å²) in [5.74, 6) is -3.25. The number of hydrogen-bond acceptors (Lipinski definition) is 3. The fourth-order valence-corrected chi connectivity index (χ4v) is 2.45. The zero-order valence-electron chi connectivity index (χ0n) is 9.90. The minimum absolute atomic E-state index is 0.180. The van der Waals surface area contributed by atoms with Gasteiger partial charge >= 0.3 is 12.1 Å². The van der Waals surface area contributed by atoms with Gasteiger partial charge in [0.25, 0.3) is 0 Å². The molecule has 1 atom stereocenters. The number of aliphatic carboxylic acids is 1.